The van der Waals surface area contributed by atoms with Crippen LogP contribution in [0.5, 0.6) is 0 Å². The van der Waals surface area contributed by atoms with Gasteiger partial charge in [0.1, 0.15) is 12.4 Å². The number of thioether (sulfide) groups is 1. The molecule has 2 atom stereocenters. The van der Waals surface area contributed by atoms with E-state index in [0.29, 0.717) is 19.0 Å². The van der Waals surface area contributed by atoms with Crippen molar-refractivity contribution in [3.8, 4) is 0 Å². The highest BCUT2D eigenvalue weighted by Gasteiger charge is 2.13. The van der Waals surface area contributed by atoms with E-state index in [9.17, 15) is 13.2 Å². The molecular weight excluding hydrogens is 524 g/mol. The summed E-state index contributed by atoms with van der Waals surface area (Å²) >= 11 is 1.66. The van der Waals surface area contributed by atoms with E-state index in [0.717, 1.165) is 31.3 Å². The van der Waals surface area contributed by atoms with Gasteiger partial charge in [0.05, 0.1) is 38.8 Å². The summed E-state index contributed by atoms with van der Waals surface area (Å²) in [5.41, 5.74) is 0. The summed E-state index contributed by atoms with van der Waals surface area (Å²) in [6.07, 6.45) is 22.9. The Hall–Kier alpha value is -0.190. The second-order valence-electron chi connectivity index (χ2n) is 10.2. The first-order chi connectivity index (χ1) is 18.4. The maximum absolute atomic E-state index is 11.0. The lowest BCUT2D eigenvalue weighted by molar-refractivity contribution is -0.122. The molecule has 0 N–H and O–H groups in total. The van der Waals surface area contributed by atoms with Gasteiger partial charge in [-0.25, -0.2) is 0 Å². The fourth-order valence-electron chi connectivity index (χ4n) is 4.11. The average Bonchev–Trinajstić information content (AvgIpc) is 2.88. The molecule has 0 fully saturated rings. The molecule has 0 heterocycles. The maximum Gasteiger partial charge on any atom is 0.264 e. The van der Waals surface area contributed by atoms with E-state index >= 15 is 0 Å². The molecule has 0 aliphatic carbocycles. The second kappa shape index (κ2) is 28.3. The molecule has 0 radical (unpaired) electrons. The fraction of sp³-hybridized carbons (Fsp3) is 0.966. The summed E-state index contributed by atoms with van der Waals surface area (Å²) in [5, 5.41) is 0. The zero-order valence-corrected chi connectivity index (χ0v) is 26.3. The average molecular weight is 583 g/mol. The Morgan fingerprint density at radius 3 is 1.74 bits per heavy atom. The van der Waals surface area contributed by atoms with Crippen molar-refractivity contribution in [1.29, 1.82) is 0 Å². The number of hydrogen-bond acceptors (Lipinski definition) is 8. The molecule has 0 aliphatic rings. The normalized spacial score (nSPS) is 13.6. The van der Waals surface area contributed by atoms with Crippen LogP contribution in [0.15, 0.2) is 0 Å². The molecule has 0 spiro atoms. The van der Waals surface area contributed by atoms with Gasteiger partial charge in [0.15, 0.2) is 0 Å². The Kier molecular flexibility index (Phi) is 28.2. The molecule has 38 heavy (non-hydrogen) atoms. The van der Waals surface area contributed by atoms with E-state index in [1.54, 1.807) is 18.7 Å². The molecule has 0 saturated heterocycles. The fourth-order valence-corrected chi connectivity index (χ4v) is 5.32. The number of aldehydes is 1. The van der Waals surface area contributed by atoms with Gasteiger partial charge >= 0.3 is 0 Å². The highest BCUT2D eigenvalue weighted by Crippen LogP contribution is 2.14. The second-order valence-corrected chi connectivity index (χ2v) is 13.0. The van der Waals surface area contributed by atoms with E-state index in [1.807, 2.05) is 0 Å². The Morgan fingerprint density at radius 2 is 1.24 bits per heavy atom. The van der Waals surface area contributed by atoms with Gasteiger partial charge in [-0.2, -0.15) is 20.2 Å². The SMILES string of the molecule is CCCCCCCCCCCCCCCCCCOCC(CSCCOCCOS(C)(=O)=O)OC(C)C=O. The Labute approximate surface area is 239 Å². The summed E-state index contributed by atoms with van der Waals surface area (Å²) in [6, 6.07) is 0. The van der Waals surface area contributed by atoms with Crippen molar-refractivity contribution in [2.75, 3.05) is 50.8 Å². The first kappa shape index (κ1) is 37.8. The molecule has 7 nitrogen and oxygen atoms in total. The molecule has 0 aromatic rings. The summed E-state index contributed by atoms with van der Waals surface area (Å²) in [4.78, 5) is 11.0. The lowest BCUT2D eigenvalue weighted by Gasteiger charge is -2.19. The standard InChI is InChI=1S/C29H58O7S2/c1-4-5-6-7-8-9-10-11-12-13-14-15-16-17-18-19-20-34-26-29(36-28(2)25-30)27-37-24-23-33-21-22-35-38(3,31)32/h25,28-29H,4-24,26-27H2,1-3H3. The van der Waals surface area contributed by atoms with Crippen molar-refractivity contribution in [3.63, 3.8) is 0 Å². The minimum Gasteiger partial charge on any atom is -0.379 e. The van der Waals surface area contributed by atoms with Crippen molar-refractivity contribution in [2.45, 2.75) is 129 Å². The third-order valence-corrected chi connectivity index (χ3v) is 7.90. The number of carbonyl (C=O) groups is 1. The van der Waals surface area contributed by atoms with Crippen LogP contribution in [-0.2, 0) is 33.3 Å². The molecule has 0 saturated carbocycles. The molecule has 0 bridgehead atoms. The van der Waals surface area contributed by atoms with E-state index in [-0.39, 0.29) is 19.3 Å². The Balaban J connectivity index is 3.59. The first-order valence-electron chi connectivity index (χ1n) is 15.1. The monoisotopic (exact) mass is 582 g/mol. The van der Waals surface area contributed by atoms with Crippen molar-refractivity contribution >= 4 is 28.2 Å². The third kappa shape index (κ3) is 30.4. The topological polar surface area (TPSA) is 88.1 Å². The van der Waals surface area contributed by atoms with Crippen LogP contribution >= 0.6 is 11.8 Å². The zero-order chi connectivity index (χ0) is 28.2. The van der Waals surface area contributed by atoms with Crippen molar-refractivity contribution in [3.05, 3.63) is 0 Å². The largest absolute Gasteiger partial charge is 0.379 e. The molecule has 0 rings (SSSR count). The Morgan fingerprint density at radius 1 is 0.711 bits per heavy atom. The van der Waals surface area contributed by atoms with Gasteiger partial charge in [-0.15, -0.1) is 0 Å². The van der Waals surface area contributed by atoms with E-state index in [2.05, 4.69) is 11.1 Å². The van der Waals surface area contributed by atoms with Crippen molar-refractivity contribution in [1.82, 2.24) is 0 Å². The molecule has 228 valence electrons. The number of hydrogen-bond donors (Lipinski definition) is 0. The van der Waals surface area contributed by atoms with Gasteiger partial charge in [0, 0.05) is 18.1 Å². The van der Waals surface area contributed by atoms with E-state index in [4.69, 9.17) is 14.2 Å². The van der Waals surface area contributed by atoms with Crippen LogP contribution in [0.3, 0.4) is 0 Å². The molecular formula is C29H58O7S2. The highest BCUT2D eigenvalue weighted by molar-refractivity contribution is 7.99. The first-order valence-corrected chi connectivity index (χ1v) is 18.0. The third-order valence-electron chi connectivity index (χ3n) is 6.25. The van der Waals surface area contributed by atoms with Crippen molar-refractivity contribution in [2.24, 2.45) is 0 Å². The summed E-state index contributed by atoms with van der Waals surface area (Å²) in [7, 11) is -3.42. The minimum absolute atomic E-state index is 0.0271. The van der Waals surface area contributed by atoms with Gasteiger partial charge in [-0.1, -0.05) is 103 Å². The number of ether oxygens (including phenoxy) is 3. The smallest absolute Gasteiger partial charge is 0.264 e. The predicted molar refractivity (Wildman–Crippen MR) is 160 cm³/mol. The van der Waals surface area contributed by atoms with Crippen molar-refractivity contribution < 1.29 is 31.6 Å². The van der Waals surface area contributed by atoms with E-state index in [1.165, 1.54) is 96.3 Å². The predicted octanol–water partition coefficient (Wildman–Crippen LogP) is 6.96. The number of rotatable bonds is 31. The lowest BCUT2D eigenvalue weighted by Crippen LogP contribution is -2.28. The lowest BCUT2D eigenvalue weighted by atomic mass is 10.0. The van der Waals surface area contributed by atoms with Gasteiger partial charge in [-0.05, 0) is 13.3 Å². The van der Waals surface area contributed by atoms with Crippen LogP contribution in [0.4, 0.5) is 0 Å². The van der Waals surface area contributed by atoms with Crippen LogP contribution in [0.2, 0.25) is 0 Å². The van der Waals surface area contributed by atoms with Crippen LogP contribution in [0, 0.1) is 0 Å². The molecule has 0 aliphatic heterocycles. The highest BCUT2D eigenvalue weighted by atomic mass is 32.2. The molecule has 0 aromatic carbocycles. The van der Waals surface area contributed by atoms with E-state index < -0.39 is 16.2 Å². The van der Waals surface area contributed by atoms with Gasteiger partial charge in [0.2, 0.25) is 0 Å². The number of unbranched alkanes of at least 4 members (excludes halogenated alkanes) is 15. The summed E-state index contributed by atoms with van der Waals surface area (Å²) in [5.74, 6) is 1.45. The van der Waals surface area contributed by atoms with Gasteiger partial charge in [-0.3, -0.25) is 4.18 Å². The zero-order valence-electron chi connectivity index (χ0n) is 24.7. The summed E-state index contributed by atoms with van der Waals surface area (Å²) in [6.45, 7) is 5.98. The van der Waals surface area contributed by atoms with Gasteiger partial charge in [0.25, 0.3) is 10.1 Å². The van der Waals surface area contributed by atoms with Crippen LogP contribution in [0.1, 0.15) is 117 Å². The number of carbonyl (C=O) groups excluding carboxylic acids is 1. The minimum atomic E-state index is -3.42. The summed E-state index contributed by atoms with van der Waals surface area (Å²) < 4.78 is 43.4. The van der Waals surface area contributed by atoms with Crippen LogP contribution in [-0.4, -0.2) is 77.7 Å². The maximum atomic E-state index is 11.0. The quantitative estimate of drug-likeness (QED) is 0.0492. The Bertz CT molecular complexity index is 602. The van der Waals surface area contributed by atoms with Crippen LogP contribution in [0.25, 0.3) is 0 Å². The molecule has 9 heteroatoms. The molecule has 0 amide bonds. The molecule has 0 aromatic heterocycles. The van der Waals surface area contributed by atoms with Gasteiger partial charge < -0.3 is 19.0 Å². The molecule has 2 unspecified atom stereocenters. The van der Waals surface area contributed by atoms with Crippen LogP contribution < -0.4 is 0 Å².